The fourth-order valence-corrected chi connectivity index (χ4v) is 10.4. The number of amides is 2. The van der Waals surface area contributed by atoms with Gasteiger partial charge >= 0.3 is 0 Å². The number of fused-ring (bicyclic) bond motifs is 4. The van der Waals surface area contributed by atoms with Crippen LogP contribution in [0.1, 0.15) is 84.5 Å². The Labute approximate surface area is 222 Å². The number of nitrogens with one attached hydrogen (secondary N) is 2. The molecule has 5 aliphatic carbocycles. The van der Waals surface area contributed by atoms with E-state index in [1.165, 1.54) is 51.4 Å². The lowest BCUT2D eigenvalue weighted by atomic mass is 9.89. The Morgan fingerprint density at radius 1 is 0.778 bits per heavy atom. The van der Waals surface area contributed by atoms with Crippen molar-refractivity contribution in [1.29, 1.82) is 0 Å². The zero-order chi connectivity index (χ0) is 24.7. The SMILES string of the molecule is CC1(C)OCCC12SC(=N[C@H]1C[C@@H]3CC[C@H]1C3)NC2=O.O=C1NC(=N[C@H]2C[C@@H]3CC[C@H]2C3)SC12CC2. The summed E-state index contributed by atoms with van der Waals surface area (Å²) in [5.74, 6) is 3.68. The van der Waals surface area contributed by atoms with Gasteiger partial charge in [-0.1, -0.05) is 36.4 Å². The van der Waals surface area contributed by atoms with Crippen molar-refractivity contribution in [2.75, 3.05) is 6.61 Å². The smallest absolute Gasteiger partial charge is 0.245 e. The molecule has 3 aliphatic heterocycles. The molecule has 2 amide bonds. The number of carbonyl (C=O) groups excluding carboxylic acids is 2. The van der Waals surface area contributed by atoms with Crippen LogP contribution < -0.4 is 10.6 Å². The minimum Gasteiger partial charge on any atom is -0.373 e. The Hall–Kier alpha value is -1.06. The number of amidine groups is 2. The number of thioether (sulfide) groups is 2. The van der Waals surface area contributed by atoms with Crippen LogP contribution in [0.2, 0.25) is 0 Å². The van der Waals surface area contributed by atoms with Crippen LogP contribution in [0, 0.1) is 23.7 Å². The van der Waals surface area contributed by atoms with E-state index in [-0.39, 0.29) is 16.6 Å². The molecule has 8 fully saturated rings. The molecule has 2 N–H and O–H groups in total. The molecule has 9 heteroatoms. The van der Waals surface area contributed by atoms with Crippen LogP contribution >= 0.6 is 23.5 Å². The second-order valence-electron chi connectivity index (χ2n) is 12.9. The third kappa shape index (κ3) is 3.89. The van der Waals surface area contributed by atoms with Crippen LogP contribution in [0.3, 0.4) is 0 Å². The summed E-state index contributed by atoms with van der Waals surface area (Å²) in [5.41, 5.74) is -0.409. The first kappa shape index (κ1) is 24.0. The van der Waals surface area contributed by atoms with Crippen LogP contribution in [0.5, 0.6) is 0 Å². The average molecular weight is 531 g/mol. The van der Waals surface area contributed by atoms with Gasteiger partial charge in [0.25, 0.3) is 0 Å². The molecule has 36 heavy (non-hydrogen) atoms. The molecule has 1 unspecified atom stereocenters. The van der Waals surface area contributed by atoms with Gasteiger partial charge in [-0.05, 0) is 95.3 Å². The second-order valence-corrected chi connectivity index (χ2v) is 15.6. The highest BCUT2D eigenvalue weighted by atomic mass is 32.2. The molecular formula is C27H38N4O3S2. The van der Waals surface area contributed by atoms with Crippen LogP contribution in [-0.4, -0.2) is 55.9 Å². The quantitative estimate of drug-likeness (QED) is 0.557. The minimum absolute atomic E-state index is 0.0869. The number of ether oxygens (including phenoxy) is 1. The molecular weight excluding hydrogens is 492 g/mol. The zero-order valence-electron chi connectivity index (χ0n) is 21.4. The number of hydrogen-bond acceptors (Lipinski definition) is 7. The van der Waals surface area contributed by atoms with Gasteiger partial charge in [-0.15, -0.1) is 0 Å². The summed E-state index contributed by atoms with van der Waals surface area (Å²) in [5, 5.41) is 7.75. The number of carbonyl (C=O) groups is 2. The van der Waals surface area contributed by atoms with Crippen molar-refractivity contribution in [3.05, 3.63) is 0 Å². The topological polar surface area (TPSA) is 92.1 Å². The van der Waals surface area contributed by atoms with Gasteiger partial charge in [0.05, 0.1) is 17.7 Å². The standard InChI is InChI=1S/C15H22N2O2S.C12H16N2OS/c1-14(2)15(5-6-19-14)12(18)17-13(20-15)16-11-8-9-3-4-10(11)7-9;15-10-12(3-4-12)16-11(14-10)13-9-6-7-1-2-8(9)5-7/h9-11H,3-8H2,1-2H3,(H,16,17,18);7-9H,1-6H2,(H,13,14,15)/t9-,10+,11+,15?;7-,8+,9+/m11/s1. The van der Waals surface area contributed by atoms with E-state index in [1.807, 2.05) is 13.8 Å². The highest BCUT2D eigenvalue weighted by Crippen LogP contribution is 2.53. The number of aliphatic imine (C=N–C) groups is 2. The molecule has 0 aromatic carbocycles. The van der Waals surface area contributed by atoms with Crippen LogP contribution in [-0.2, 0) is 14.3 Å². The number of hydrogen-bond donors (Lipinski definition) is 2. The first-order valence-electron chi connectivity index (χ1n) is 14.1. The van der Waals surface area contributed by atoms with E-state index < -0.39 is 10.3 Å². The molecule has 5 saturated carbocycles. The number of rotatable bonds is 2. The number of nitrogens with zero attached hydrogens (tertiary/aromatic N) is 2. The Kier molecular flexibility index (Phi) is 5.65. The molecule has 8 rings (SSSR count). The Morgan fingerprint density at radius 2 is 1.36 bits per heavy atom. The van der Waals surface area contributed by atoms with Crippen molar-refractivity contribution < 1.29 is 14.3 Å². The summed E-state index contributed by atoms with van der Waals surface area (Å²) in [7, 11) is 0. The van der Waals surface area contributed by atoms with Crippen LogP contribution in [0.25, 0.3) is 0 Å². The first-order chi connectivity index (χ1) is 17.3. The second kappa shape index (κ2) is 8.47. The lowest BCUT2D eigenvalue weighted by Gasteiger charge is -2.32. The van der Waals surface area contributed by atoms with E-state index in [0.29, 0.717) is 18.7 Å². The van der Waals surface area contributed by atoms with Crippen molar-refractivity contribution in [1.82, 2.24) is 10.6 Å². The zero-order valence-corrected chi connectivity index (χ0v) is 23.0. The molecule has 0 aromatic heterocycles. The van der Waals surface area contributed by atoms with Gasteiger partial charge in [-0.2, -0.15) is 0 Å². The molecule has 2 spiro atoms. The molecule has 7 nitrogen and oxygen atoms in total. The Balaban J connectivity index is 0.000000125. The maximum Gasteiger partial charge on any atom is 0.245 e. The van der Waals surface area contributed by atoms with E-state index >= 15 is 0 Å². The fraction of sp³-hybridized carbons (Fsp3) is 0.852. The normalized spacial score (nSPS) is 46.7. The van der Waals surface area contributed by atoms with Gasteiger partial charge in [-0.3, -0.25) is 19.6 Å². The van der Waals surface area contributed by atoms with Crippen molar-refractivity contribution >= 4 is 45.7 Å². The summed E-state index contributed by atoms with van der Waals surface area (Å²) in [6.07, 6.45) is 13.6. The van der Waals surface area contributed by atoms with Gasteiger partial charge in [0.2, 0.25) is 11.8 Å². The largest absolute Gasteiger partial charge is 0.373 e. The van der Waals surface area contributed by atoms with E-state index in [4.69, 9.17) is 14.7 Å². The highest BCUT2D eigenvalue weighted by molar-refractivity contribution is 8.16. The molecule has 196 valence electrons. The Morgan fingerprint density at radius 3 is 1.81 bits per heavy atom. The average Bonchev–Trinajstić information content (AvgIpc) is 3.49. The van der Waals surface area contributed by atoms with Gasteiger partial charge in [-0.25, -0.2) is 0 Å². The minimum atomic E-state index is -0.469. The molecule has 3 saturated heterocycles. The lowest BCUT2D eigenvalue weighted by Crippen LogP contribution is -2.49. The summed E-state index contributed by atoms with van der Waals surface area (Å²) in [6, 6.07) is 0.951. The summed E-state index contributed by atoms with van der Waals surface area (Å²) < 4.78 is 5.22. The van der Waals surface area contributed by atoms with E-state index in [9.17, 15) is 9.59 Å². The van der Waals surface area contributed by atoms with Crippen molar-refractivity contribution in [2.45, 2.75) is 112 Å². The van der Waals surface area contributed by atoms with Gasteiger partial charge in [0.15, 0.2) is 10.3 Å². The Bertz CT molecular complexity index is 1040. The molecule has 8 aliphatic rings. The molecule has 7 atom stereocenters. The fourth-order valence-electron chi connectivity index (χ4n) is 7.93. The third-order valence-electron chi connectivity index (χ3n) is 10.3. The van der Waals surface area contributed by atoms with Gasteiger partial charge in [0, 0.05) is 6.61 Å². The van der Waals surface area contributed by atoms with E-state index in [0.717, 1.165) is 53.3 Å². The van der Waals surface area contributed by atoms with Crippen molar-refractivity contribution in [2.24, 2.45) is 33.7 Å². The van der Waals surface area contributed by atoms with Crippen molar-refractivity contribution in [3.8, 4) is 0 Å². The maximum atomic E-state index is 12.5. The third-order valence-corrected chi connectivity index (χ3v) is 13.4. The van der Waals surface area contributed by atoms with Crippen LogP contribution in [0.15, 0.2) is 9.98 Å². The lowest BCUT2D eigenvalue weighted by molar-refractivity contribution is -0.125. The maximum absolute atomic E-state index is 12.5. The monoisotopic (exact) mass is 530 g/mol. The van der Waals surface area contributed by atoms with Gasteiger partial charge in [0.1, 0.15) is 9.49 Å². The molecule has 0 aromatic rings. The highest BCUT2D eigenvalue weighted by Gasteiger charge is 2.61. The first-order valence-corrected chi connectivity index (χ1v) is 15.7. The van der Waals surface area contributed by atoms with E-state index in [2.05, 4.69) is 10.6 Å². The predicted molar refractivity (Wildman–Crippen MR) is 144 cm³/mol. The van der Waals surface area contributed by atoms with Gasteiger partial charge < -0.3 is 15.4 Å². The summed E-state index contributed by atoms with van der Waals surface area (Å²) in [4.78, 5) is 33.8. The molecule has 4 bridgehead atoms. The molecule has 3 heterocycles. The van der Waals surface area contributed by atoms with E-state index in [1.54, 1.807) is 23.5 Å². The van der Waals surface area contributed by atoms with Crippen LogP contribution in [0.4, 0.5) is 0 Å². The van der Waals surface area contributed by atoms with Crippen molar-refractivity contribution in [3.63, 3.8) is 0 Å². The predicted octanol–water partition coefficient (Wildman–Crippen LogP) is 4.26. The molecule has 0 radical (unpaired) electrons. The summed E-state index contributed by atoms with van der Waals surface area (Å²) >= 11 is 3.30. The summed E-state index contributed by atoms with van der Waals surface area (Å²) in [6.45, 7) is 4.70.